The van der Waals surface area contributed by atoms with Crippen LogP contribution in [0.15, 0.2) is 261 Å². The Morgan fingerprint density at radius 2 is 0.932 bits per heavy atom. The van der Waals surface area contributed by atoms with Crippen LogP contribution in [-0.2, 0) is 5.41 Å². The minimum atomic E-state index is -0.560. The first-order chi connectivity index (χ1) is 36.3. The number of aromatic nitrogens is 1. The van der Waals surface area contributed by atoms with Crippen LogP contribution in [-0.4, -0.2) is 4.57 Å². The highest BCUT2D eigenvalue weighted by atomic mass is 15.2. The summed E-state index contributed by atoms with van der Waals surface area (Å²) in [5, 5.41) is 5.17. The summed E-state index contributed by atoms with van der Waals surface area (Å²) in [5.41, 5.74) is 20.3. The number of nitrogens with zero attached hydrogens (tertiary/aromatic N) is 2. The molecule has 0 aliphatic heterocycles. The Balaban J connectivity index is 1.07. The number of benzene rings is 11. The predicted molar refractivity (Wildman–Crippen MR) is 307 cm³/mol. The molecule has 0 N–H and O–H groups in total. The van der Waals surface area contributed by atoms with E-state index in [-0.39, 0.29) is 0 Å². The molecule has 2 heteroatoms. The van der Waals surface area contributed by atoms with Crippen molar-refractivity contribution in [2.75, 3.05) is 4.90 Å². The first-order valence-electron chi connectivity index (χ1n) is 26.2. The van der Waals surface area contributed by atoms with Gasteiger partial charge in [0.15, 0.2) is 0 Å². The molecule has 1 heterocycles. The second kappa shape index (κ2) is 17.8. The van der Waals surface area contributed by atoms with E-state index in [1.165, 1.54) is 115 Å². The van der Waals surface area contributed by atoms with Gasteiger partial charge in [0.2, 0.25) is 0 Å². The zero-order valence-corrected chi connectivity index (χ0v) is 40.8. The lowest BCUT2D eigenvalue weighted by molar-refractivity contribution is 0.445. The topological polar surface area (TPSA) is 8.17 Å². The highest BCUT2D eigenvalue weighted by Gasteiger charge is 2.47. The van der Waals surface area contributed by atoms with Crippen LogP contribution in [0, 0.1) is 0 Å². The van der Waals surface area contributed by atoms with Gasteiger partial charge in [-0.2, -0.15) is 0 Å². The summed E-state index contributed by atoms with van der Waals surface area (Å²) in [6.07, 6.45) is 6.38. The Kier molecular flexibility index (Phi) is 10.5. The van der Waals surface area contributed by atoms with Crippen molar-refractivity contribution in [3.05, 3.63) is 289 Å². The van der Waals surface area contributed by atoms with E-state index in [0.29, 0.717) is 5.92 Å². The van der Waals surface area contributed by atoms with Gasteiger partial charge in [0.25, 0.3) is 0 Å². The molecular weight excluding hydrogens is 881 g/mol. The zero-order chi connectivity index (χ0) is 48.3. The van der Waals surface area contributed by atoms with Crippen LogP contribution in [0.5, 0.6) is 0 Å². The van der Waals surface area contributed by atoms with E-state index in [4.69, 9.17) is 0 Å². The molecule has 1 aromatic heterocycles. The van der Waals surface area contributed by atoms with Gasteiger partial charge < -0.3 is 9.47 Å². The standard InChI is InChI=1S/C71H54N2/c1-5-24-49(25-6-1)56-38-21-26-50-27-22-39-60(69(50)56)58-36-16-20-44-66(58)73(64-42-18-14-34-55(64)51-46-47-59-57-35-15-19-43-65(57)72(68(59)48-51)54-32-11-4-12-33-54)67-45-23-41-63-70(67)61-37-13-17-40-62(61)71(63,52-28-7-2-8-29-52)53-30-9-3-10-31-53/h2-4,7-23,26-49H,1,5-6,24-25H2. The number of para-hydroxylation sites is 4. The molecule has 2 nitrogen and oxygen atoms in total. The van der Waals surface area contributed by atoms with E-state index < -0.39 is 5.41 Å². The molecule has 12 aromatic rings. The number of fused-ring (bicyclic) bond motifs is 7. The van der Waals surface area contributed by atoms with E-state index in [9.17, 15) is 0 Å². The average Bonchev–Trinajstić information content (AvgIpc) is 3.97. The van der Waals surface area contributed by atoms with Crippen LogP contribution in [0.1, 0.15) is 65.8 Å². The Morgan fingerprint density at radius 1 is 0.384 bits per heavy atom. The molecule has 0 saturated heterocycles. The quantitative estimate of drug-likeness (QED) is 0.140. The molecule has 0 atom stereocenters. The Bertz CT molecular complexity index is 3970. The SMILES string of the molecule is c1ccc(-n2c3ccccc3c3ccc(-c4ccccc4N(c4ccccc4-c4cccc5cccc(C6CCCCC6)c45)c4cccc5c4-c4ccccc4C5(c4ccccc4)c4ccccc4)cc32)cc1. The average molecular weight is 935 g/mol. The van der Waals surface area contributed by atoms with Gasteiger partial charge >= 0.3 is 0 Å². The van der Waals surface area contributed by atoms with Crippen molar-refractivity contribution < 1.29 is 0 Å². The summed E-state index contributed by atoms with van der Waals surface area (Å²) in [6.45, 7) is 0. The Morgan fingerprint density at radius 3 is 1.68 bits per heavy atom. The maximum Gasteiger partial charge on any atom is 0.0714 e. The fourth-order valence-electron chi connectivity index (χ4n) is 13.2. The van der Waals surface area contributed by atoms with Crippen LogP contribution in [0.3, 0.4) is 0 Å². The minimum Gasteiger partial charge on any atom is -0.309 e. The van der Waals surface area contributed by atoms with Gasteiger partial charge in [-0.3, -0.25) is 0 Å². The number of hydrogen-bond donors (Lipinski definition) is 0. The zero-order valence-electron chi connectivity index (χ0n) is 40.8. The molecule has 0 radical (unpaired) electrons. The van der Waals surface area contributed by atoms with Gasteiger partial charge in [-0.25, -0.2) is 0 Å². The Hall–Kier alpha value is -8.72. The van der Waals surface area contributed by atoms with Crippen molar-refractivity contribution in [2.45, 2.75) is 43.4 Å². The highest BCUT2D eigenvalue weighted by molar-refractivity contribution is 6.11. The summed E-state index contributed by atoms with van der Waals surface area (Å²) in [5.74, 6) is 0.544. The summed E-state index contributed by atoms with van der Waals surface area (Å²) >= 11 is 0. The van der Waals surface area contributed by atoms with Crippen molar-refractivity contribution >= 4 is 49.6 Å². The minimum absolute atomic E-state index is 0.544. The largest absolute Gasteiger partial charge is 0.309 e. The number of anilines is 3. The lowest BCUT2D eigenvalue weighted by Gasteiger charge is -2.35. The molecule has 0 unspecified atom stereocenters. The second-order valence-electron chi connectivity index (χ2n) is 20.1. The van der Waals surface area contributed by atoms with Gasteiger partial charge in [-0.15, -0.1) is 0 Å². The Labute approximate surface area is 428 Å². The van der Waals surface area contributed by atoms with Gasteiger partial charge in [-0.05, 0) is 117 Å². The van der Waals surface area contributed by atoms with Gasteiger partial charge in [0, 0.05) is 33.2 Å². The van der Waals surface area contributed by atoms with Crippen molar-refractivity contribution in [1.82, 2.24) is 4.57 Å². The first kappa shape index (κ1) is 43.1. The second-order valence-corrected chi connectivity index (χ2v) is 20.1. The van der Waals surface area contributed by atoms with Gasteiger partial charge in [0.05, 0.1) is 33.5 Å². The van der Waals surface area contributed by atoms with E-state index >= 15 is 0 Å². The maximum absolute atomic E-state index is 2.62. The van der Waals surface area contributed by atoms with Crippen molar-refractivity contribution in [2.24, 2.45) is 0 Å². The summed E-state index contributed by atoms with van der Waals surface area (Å²) < 4.78 is 2.43. The molecule has 1 fully saturated rings. The van der Waals surface area contributed by atoms with Crippen LogP contribution < -0.4 is 4.90 Å². The predicted octanol–water partition coefficient (Wildman–Crippen LogP) is 19.2. The molecule has 2 aliphatic carbocycles. The lowest BCUT2D eigenvalue weighted by Crippen LogP contribution is -2.28. The summed E-state index contributed by atoms with van der Waals surface area (Å²) in [4.78, 5) is 2.62. The highest BCUT2D eigenvalue weighted by Crippen LogP contribution is 2.60. The molecule has 2 aliphatic rings. The molecule has 0 bridgehead atoms. The smallest absolute Gasteiger partial charge is 0.0714 e. The molecule has 11 aromatic carbocycles. The van der Waals surface area contributed by atoms with Crippen LogP contribution in [0.2, 0.25) is 0 Å². The summed E-state index contributed by atoms with van der Waals surface area (Å²) in [6, 6.07) is 97.7. The normalized spacial score (nSPS) is 14.1. The van der Waals surface area contributed by atoms with Crippen molar-refractivity contribution in [1.29, 1.82) is 0 Å². The monoisotopic (exact) mass is 934 g/mol. The maximum atomic E-state index is 2.62. The van der Waals surface area contributed by atoms with Crippen LogP contribution in [0.4, 0.5) is 17.1 Å². The van der Waals surface area contributed by atoms with Crippen molar-refractivity contribution in [3.8, 4) is 39.1 Å². The third kappa shape index (κ3) is 6.85. The molecule has 14 rings (SSSR count). The van der Waals surface area contributed by atoms with E-state index in [0.717, 1.165) is 33.9 Å². The lowest BCUT2D eigenvalue weighted by atomic mass is 9.68. The van der Waals surface area contributed by atoms with Crippen LogP contribution >= 0.6 is 0 Å². The number of rotatable bonds is 9. The van der Waals surface area contributed by atoms with E-state index in [2.05, 4.69) is 270 Å². The van der Waals surface area contributed by atoms with Crippen LogP contribution in [0.25, 0.3) is 71.6 Å². The van der Waals surface area contributed by atoms with E-state index in [1.807, 2.05) is 0 Å². The molecular formula is C71H54N2. The van der Waals surface area contributed by atoms with E-state index in [1.54, 1.807) is 0 Å². The fraction of sp³-hybridized carbons (Fsp3) is 0.0986. The molecule has 0 spiro atoms. The fourth-order valence-corrected chi connectivity index (χ4v) is 13.2. The first-order valence-corrected chi connectivity index (χ1v) is 26.2. The molecule has 348 valence electrons. The molecule has 1 saturated carbocycles. The third-order valence-electron chi connectivity index (χ3n) is 16.3. The molecule has 73 heavy (non-hydrogen) atoms. The summed E-state index contributed by atoms with van der Waals surface area (Å²) in [7, 11) is 0. The number of hydrogen-bond acceptors (Lipinski definition) is 1. The third-order valence-corrected chi connectivity index (χ3v) is 16.3. The van der Waals surface area contributed by atoms with Gasteiger partial charge in [-0.1, -0.05) is 238 Å². The van der Waals surface area contributed by atoms with Gasteiger partial charge in [0.1, 0.15) is 0 Å². The molecule has 0 amide bonds. The van der Waals surface area contributed by atoms with Crippen molar-refractivity contribution in [3.63, 3.8) is 0 Å².